The topological polar surface area (TPSA) is 20.2 Å². The van der Waals surface area contributed by atoms with E-state index >= 15 is 0 Å². The zero-order chi connectivity index (χ0) is 14.9. The van der Waals surface area contributed by atoms with E-state index in [4.69, 9.17) is 0 Å². The quantitative estimate of drug-likeness (QED) is 0.690. The Bertz CT molecular complexity index is 776. The zero-order valence-electron chi connectivity index (χ0n) is 11.9. The second kappa shape index (κ2) is 5.63. The van der Waals surface area contributed by atoms with Gasteiger partial charge in [0, 0.05) is 4.47 Å². The van der Waals surface area contributed by atoms with Crippen molar-refractivity contribution in [1.82, 2.24) is 0 Å². The summed E-state index contributed by atoms with van der Waals surface area (Å²) in [4.78, 5) is 0. The Hall–Kier alpha value is -1.64. The molecule has 0 fully saturated rings. The minimum Gasteiger partial charge on any atom is -0.380 e. The van der Waals surface area contributed by atoms with Crippen molar-refractivity contribution in [1.29, 1.82) is 0 Å². The lowest BCUT2D eigenvalue weighted by atomic mass is 9.82. The van der Waals surface area contributed by atoms with Crippen LogP contribution in [0.15, 0.2) is 71.2 Å². The molecule has 2 heteroatoms. The van der Waals surface area contributed by atoms with Crippen LogP contribution < -0.4 is 0 Å². The van der Waals surface area contributed by atoms with E-state index in [1.807, 2.05) is 55.5 Å². The first kappa shape index (κ1) is 14.3. The Kier molecular flexibility index (Phi) is 3.83. The van der Waals surface area contributed by atoms with Gasteiger partial charge in [0.25, 0.3) is 0 Å². The highest BCUT2D eigenvalue weighted by atomic mass is 79.9. The van der Waals surface area contributed by atoms with Crippen LogP contribution in [0.5, 0.6) is 0 Å². The maximum absolute atomic E-state index is 11.4. The number of rotatable bonds is 3. The smallest absolute Gasteiger partial charge is 0.115 e. The highest BCUT2D eigenvalue weighted by Crippen LogP contribution is 2.37. The molecule has 0 saturated heterocycles. The molecule has 1 nitrogen and oxygen atoms in total. The van der Waals surface area contributed by atoms with Crippen LogP contribution in [0.2, 0.25) is 0 Å². The average Bonchev–Trinajstić information content (AvgIpc) is 2.53. The van der Waals surface area contributed by atoms with Gasteiger partial charge in [-0.1, -0.05) is 77.5 Å². The molecule has 0 aliphatic carbocycles. The summed E-state index contributed by atoms with van der Waals surface area (Å²) < 4.78 is 0.979. The Morgan fingerprint density at radius 3 is 2.43 bits per heavy atom. The van der Waals surface area contributed by atoms with E-state index in [1.165, 1.54) is 0 Å². The lowest BCUT2D eigenvalue weighted by Gasteiger charge is -2.29. The van der Waals surface area contributed by atoms with Gasteiger partial charge in [-0.25, -0.2) is 0 Å². The summed E-state index contributed by atoms with van der Waals surface area (Å²) in [6.07, 6.45) is 0.622. The van der Waals surface area contributed by atoms with E-state index in [1.54, 1.807) is 0 Å². The molecule has 0 saturated carbocycles. The normalized spacial score (nSPS) is 14.0. The van der Waals surface area contributed by atoms with Crippen molar-refractivity contribution in [2.24, 2.45) is 0 Å². The van der Waals surface area contributed by atoms with Gasteiger partial charge in [0.2, 0.25) is 0 Å². The van der Waals surface area contributed by atoms with Crippen molar-refractivity contribution in [3.8, 4) is 0 Å². The minimum atomic E-state index is -0.982. The van der Waals surface area contributed by atoms with Gasteiger partial charge in [-0.15, -0.1) is 0 Å². The van der Waals surface area contributed by atoms with E-state index in [0.717, 1.165) is 26.4 Å². The summed E-state index contributed by atoms with van der Waals surface area (Å²) in [6.45, 7) is 2.02. The van der Waals surface area contributed by atoms with E-state index < -0.39 is 5.60 Å². The predicted molar refractivity (Wildman–Crippen MR) is 91.4 cm³/mol. The Labute approximate surface area is 133 Å². The average molecular weight is 341 g/mol. The number of benzene rings is 3. The monoisotopic (exact) mass is 340 g/mol. The number of fused-ring (bicyclic) bond motifs is 1. The SMILES string of the molecule is CCC(O)(c1cccc(Br)c1)c1cccc2ccccc12. The molecule has 106 valence electrons. The van der Waals surface area contributed by atoms with Gasteiger partial charge in [-0.3, -0.25) is 0 Å². The summed E-state index contributed by atoms with van der Waals surface area (Å²) in [5.74, 6) is 0. The molecule has 0 amide bonds. The molecule has 0 aromatic heterocycles. The second-order valence-corrected chi connectivity index (χ2v) is 6.17. The molecule has 3 aromatic carbocycles. The van der Waals surface area contributed by atoms with Gasteiger partial charge in [0.05, 0.1) is 0 Å². The highest BCUT2D eigenvalue weighted by molar-refractivity contribution is 9.10. The molecule has 0 bridgehead atoms. The summed E-state index contributed by atoms with van der Waals surface area (Å²) in [7, 11) is 0. The molecule has 0 spiro atoms. The first-order valence-corrected chi connectivity index (χ1v) is 7.91. The van der Waals surface area contributed by atoms with Crippen LogP contribution in [-0.4, -0.2) is 5.11 Å². The van der Waals surface area contributed by atoms with E-state index in [9.17, 15) is 5.11 Å². The molecule has 0 radical (unpaired) electrons. The van der Waals surface area contributed by atoms with Gasteiger partial charge in [-0.05, 0) is 40.5 Å². The van der Waals surface area contributed by atoms with Crippen molar-refractivity contribution in [3.63, 3.8) is 0 Å². The van der Waals surface area contributed by atoms with Crippen LogP contribution in [-0.2, 0) is 5.60 Å². The fourth-order valence-corrected chi connectivity index (χ4v) is 3.28. The first-order chi connectivity index (χ1) is 10.1. The lowest BCUT2D eigenvalue weighted by molar-refractivity contribution is 0.0780. The third kappa shape index (κ3) is 2.50. The van der Waals surface area contributed by atoms with Crippen molar-refractivity contribution in [3.05, 3.63) is 82.3 Å². The van der Waals surface area contributed by atoms with Gasteiger partial charge < -0.3 is 5.11 Å². The summed E-state index contributed by atoms with van der Waals surface area (Å²) in [5, 5.41) is 13.6. The number of aliphatic hydroxyl groups is 1. The van der Waals surface area contributed by atoms with Crippen molar-refractivity contribution in [2.75, 3.05) is 0 Å². The maximum Gasteiger partial charge on any atom is 0.115 e. The van der Waals surface area contributed by atoms with Gasteiger partial charge in [-0.2, -0.15) is 0 Å². The van der Waals surface area contributed by atoms with Crippen LogP contribution in [0.3, 0.4) is 0 Å². The summed E-state index contributed by atoms with van der Waals surface area (Å²) in [6, 6.07) is 22.2. The molecule has 21 heavy (non-hydrogen) atoms. The van der Waals surface area contributed by atoms with Crippen molar-refractivity contribution in [2.45, 2.75) is 18.9 Å². The minimum absolute atomic E-state index is 0.622. The van der Waals surface area contributed by atoms with Crippen LogP contribution in [0, 0.1) is 0 Å². The second-order valence-electron chi connectivity index (χ2n) is 5.25. The predicted octanol–water partition coefficient (Wildman–Crippen LogP) is 5.25. The van der Waals surface area contributed by atoms with Crippen LogP contribution in [0.4, 0.5) is 0 Å². The molecule has 1 unspecified atom stereocenters. The highest BCUT2D eigenvalue weighted by Gasteiger charge is 2.31. The summed E-state index contributed by atoms with van der Waals surface area (Å²) in [5.41, 5.74) is 0.891. The Morgan fingerprint density at radius 2 is 1.67 bits per heavy atom. The molecular weight excluding hydrogens is 324 g/mol. The fraction of sp³-hybridized carbons (Fsp3) is 0.158. The molecule has 0 aliphatic rings. The molecule has 1 atom stereocenters. The third-order valence-corrected chi connectivity index (χ3v) is 4.54. The largest absolute Gasteiger partial charge is 0.380 e. The fourth-order valence-electron chi connectivity index (χ4n) is 2.88. The van der Waals surface area contributed by atoms with Gasteiger partial charge in [0.1, 0.15) is 5.60 Å². The van der Waals surface area contributed by atoms with Gasteiger partial charge in [0.15, 0.2) is 0 Å². The van der Waals surface area contributed by atoms with E-state index in [2.05, 4.69) is 34.1 Å². The lowest BCUT2D eigenvalue weighted by Crippen LogP contribution is -2.26. The summed E-state index contributed by atoms with van der Waals surface area (Å²) >= 11 is 3.49. The first-order valence-electron chi connectivity index (χ1n) is 7.12. The number of hydrogen-bond donors (Lipinski definition) is 1. The maximum atomic E-state index is 11.4. The van der Waals surface area contributed by atoms with Crippen LogP contribution >= 0.6 is 15.9 Å². The molecule has 0 aliphatic heterocycles. The van der Waals surface area contributed by atoms with Crippen molar-refractivity contribution < 1.29 is 5.11 Å². The zero-order valence-corrected chi connectivity index (χ0v) is 13.5. The molecule has 1 N–H and O–H groups in total. The standard InChI is InChI=1S/C19H17BrO/c1-2-19(21,15-9-6-10-16(20)13-15)18-12-5-8-14-7-3-4-11-17(14)18/h3-13,21H,2H2,1H3. The Morgan fingerprint density at radius 1 is 0.952 bits per heavy atom. The molecule has 0 heterocycles. The van der Waals surface area contributed by atoms with Crippen LogP contribution in [0.1, 0.15) is 24.5 Å². The molecule has 3 rings (SSSR count). The van der Waals surface area contributed by atoms with Crippen LogP contribution in [0.25, 0.3) is 10.8 Å². The Balaban J connectivity index is 2.27. The van der Waals surface area contributed by atoms with Crippen molar-refractivity contribution >= 4 is 26.7 Å². The molecular formula is C19H17BrO. The van der Waals surface area contributed by atoms with E-state index in [-0.39, 0.29) is 0 Å². The van der Waals surface area contributed by atoms with E-state index in [0.29, 0.717) is 6.42 Å². The third-order valence-electron chi connectivity index (χ3n) is 4.05. The number of halogens is 1. The number of hydrogen-bond acceptors (Lipinski definition) is 1. The van der Waals surface area contributed by atoms with Gasteiger partial charge >= 0.3 is 0 Å². The molecule has 3 aromatic rings.